The molecule has 98 valence electrons. The van der Waals surface area contributed by atoms with E-state index in [1.54, 1.807) is 0 Å². The quantitative estimate of drug-likeness (QED) is 0.601. The van der Waals surface area contributed by atoms with Gasteiger partial charge in [0, 0.05) is 25.3 Å². The molecule has 2 rings (SSSR count). The molecule has 0 atom stereocenters. The Bertz CT molecular complexity index is 535. The molecule has 0 fully saturated rings. The Morgan fingerprint density at radius 3 is 3.11 bits per heavy atom. The van der Waals surface area contributed by atoms with Gasteiger partial charge in [-0.2, -0.15) is 4.57 Å². The van der Waals surface area contributed by atoms with Crippen LogP contribution in [0.4, 0.5) is 0 Å². The van der Waals surface area contributed by atoms with Gasteiger partial charge in [-0.1, -0.05) is 12.1 Å². The normalized spacial score (nSPS) is 16.1. The molecule has 0 amide bonds. The van der Waals surface area contributed by atoms with E-state index in [0.717, 1.165) is 5.69 Å². The summed E-state index contributed by atoms with van der Waals surface area (Å²) in [5, 5.41) is 2.79. The van der Waals surface area contributed by atoms with Gasteiger partial charge in [-0.25, -0.2) is 0 Å². The molecule has 0 spiro atoms. The number of rotatable bonds is 5. The molecule has 0 saturated carbocycles. The fourth-order valence-corrected chi connectivity index (χ4v) is 1.72. The topological polar surface area (TPSA) is 45.8 Å². The maximum Gasteiger partial charge on any atom is 0.254 e. The van der Waals surface area contributed by atoms with Crippen LogP contribution in [0.1, 0.15) is 5.69 Å². The maximum atomic E-state index is 10.3. The summed E-state index contributed by atoms with van der Waals surface area (Å²) in [7, 11) is 0. The number of nitrogens with zero attached hydrogens (tertiary/aromatic N) is 3. The van der Waals surface area contributed by atoms with Crippen molar-refractivity contribution in [3.8, 4) is 0 Å². The van der Waals surface area contributed by atoms with Crippen LogP contribution in [0, 0.1) is 11.8 Å². The number of aryl methyl sites for hydroxylation is 1. The predicted molar refractivity (Wildman–Crippen MR) is 71.3 cm³/mol. The van der Waals surface area contributed by atoms with Gasteiger partial charge in [-0.3, -0.25) is 0 Å². The fraction of sp³-hybridized carbons (Fsp3) is 0.214. The van der Waals surface area contributed by atoms with Crippen molar-refractivity contribution in [3.05, 3.63) is 71.3 Å². The van der Waals surface area contributed by atoms with Crippen LogP contribution < -0.4 is 4.57 Å². The molecule has 5 heteroatoms. The van der Waals surface area contributed by atoms with Crippen molar-refractivity contribution in [1.29, 1.82) is 0 Å². The van der Waals surface area contributed by atoms with E-state index < -0.39 is 0 Å². The third-order valence-corrected chi connectivity index (χ3v) is 2.79. The van der Waals surface area contributed by atoms with Crippen molar-refractivity contribution in [2.45, 2.75) is 13.7 Å². The maximum absolute atomic E-state index is 10.3. The number of pyridine rings is 1. The van der Waals surface area contributed by atoms with Crippen LogP contribution in [0.2, 0.25) is 0 Å². The summed E-state index contributed by atoms with van der Waals surface area (Å²) in [5.74, 6) is 0. The average Bonchev–Trinajstić information content (AvgIpc) is 2.43. The van der Waals surface area contributed by atoms with Gasteiger partial charge in [0.25, 0.3) is 6.73 Å². The molecule has 19 heavy (non-hydrogen) atoms. The molecule has 0 radical (unpaired) electrons. The second-order valence-electron chi connectivity index (χ2n) is 4.10. The third kappa shape index (κ3) is 3.59. The highest BCUT2D eigenvalue weighted by molar-refractivity contribution is 5.27. The second kappa shape index (κ2) is 6.61. The Hall–Kier alpha value is -2.27. The van der Waals surface area contributed by atoms with Gasteiger partial charge >= 0.3 is 0 Å². The van der Waals surface area contributed by atoms with Crippen molar-refractivity contribution in [3.63, 3.8) is 0 Å². The Morgan fingerprint density at radius 1 is 1.42 bits per heavy atom. The monoisotopic (exact) mass is 258 g/mol. The Morgan fingerprint density at radius 2 is 2.32 bits per heavy atom. The van der Waals surface area contributed by atoms with Crippen molar-refractivity contribution in [1.82, 2.24) is 4.90 Å². The van der Waals surface area contributed by atoms with Crippen molar-refractivity contribution in [2.75, 3.05) is 6.73 Å². The van der Waals surface area contributed by atoms with Gasteiger partial charge in [0.15, 0.2) is 11.9 Å². The molecule has 1 aromatic heterocycles. The highest BCUT2D eigenvalue weighted by Crippen LogP contribution is 2.12. The number of hydrogen-bond acceptors (Lipinski definition) is 4. The Labute approximate surface area is 112 Å². The minimum Gasteiger partial charge on any atom is -0.323 e. The van der Waals surface area contributed by atoms with Gasteiger partial charge in [0.05, 0.1) is 11.9 Å². The van der Waals surface area contributed by atoms with E-state index in [9.17, 15) is 4.91 Å². The van der Waals surface area contributed by atoms with Crippen LogP contribution in [-0.4, -0.2) is 11.6 Å². The van der Waals surface area contributed by atoms with E-state index in [-0.39, 0.29) is 0 Å². The highest BCUT2D eigenvalue weighted by atomic mass is 16.5. The standard InChI is InChI=1S/C14H16N3O2/c1-13-6-2-4-8-16(13)11-19-12-17-9-5-3-7-14(17)10-15-18/h2-10H,11-12H2,1H3/q+1/b14-10+. The van der Waals surface area contributed by atoms with Crippen LogP contribution in [0.15, 0.2) is 65.9 Å². The SMILES string of the molecule is Cc1cccc[n+]1COCN1C=CC=C/C1=C\N=O. The van der Waals surface area contributed by atoms with E-state index in [0.29, 0.717) is 19.2 Å². The van der Waals surface area contributed by atoms with Crippen molar-refractivity contribution < 1.29 is 9.30 Å². The largest absolute Gasteiger partial charge is 0.323 e. The molecule has 0 N–H and O–H groups in total. The van der Waals surface area contributed by atoms with Crippen LogP contribution in [-0.2, 0) is 11.5 Å². The van der Waals surface area contributed by atoms with Gasteiger partial charge in [0.2, 0.25) is 0 Å². The lowest BCUT2D eigenvalue weighted by molar-refractivity contribution is -0.738. The number of aromatic nitrogens is 1. The highest BCUT2D eigenvalue weighted by Gasteiger charge is 2.09. The lowest BCUT2D eigenvalue weighted by atomic mass is 10.3. The first-order valence-electron chi connectivity index (χ1n) is 5.98. The molecule has 0 bridgehead atoms. The first kappa shape index (κ1) is 13.2. The molecule has 1 aromatic rings. The zero-order chi connectivity index (χ0) is 13.5. The summed E-state index contributed by atoms with van der Waals surface area (Å²) in [6.45, 7) is 2.85. The molecule has 0 saturated heterocycles. The molecule has 1 aliphatic rings. The van der Waals surface area contributed by atoms with Gasteiger partial charge in [-0.15, -0.1) is 4.91 Å². The second-order valence-corrected chi connectivity index (χ2v) is 4.10. The molecular weight excluding hydrogens is 242 g/mol. The van der Waals surface area contributed by atoms with Crippen molar-refractivity contribution >= 4 is 0 Å². The van der Waals surface area contributed by atoms with E-state index in [2.05, 4.69) is 5.18 Å². The Balaban J connectivity index is 1.90. The lowest BCUT2D eigenvalue weighted by Crippen LogP contribution is -2.39. The minimum atomic E-state index is 0.365. The average molecular weight is 258 g/mol. The first-order chi connectivity index (χ1) is 9.31. The molecule has 0 aromatic carbocycles. The summed E-state index contributed by atoms with van der Waals surface area (Å²) in [5.41, 5.74) is 1.84. The third-order valence-electron chi connectivity index (χ3n) is 2.79. The van der Waals surface area contributed by atoms with Crippen molar-refractivity contribution in [2.24, 2.45) is 5.18 Å². The fourth-order valence-electron chi connectivity index (χ4n) is 1.72. The zero-order valence-electron chi connectivity index (χ0n) is 10.8. The molecule has 0 unspecified atom stereocenters. The summed E-state index contributed by atoms with van der Waals surface area (Å²) in [6, 6.07) is 5.97. The molecule has 2 heterocycles. The molecule has 0 aliphatic carbocycles. The van der Waals surface area contributed by atoms with Crippen LogP contribution in [0.5, 0.6) is 0 Å². The summed E-state index contributed by atoms with van der Waals surface area (Å²) >= 11 is 0. The van der Waals surface area contributed by atoms with Crippen LogP contribution in [0.25, 0.3) is 0 Å². The van der Waals surface area contributed by atoms with Crippen LogP contribution in [0.3, 0.4) is 0 Å². The number of ether oxygens (including phenoxy) is 1. The first-order valence-corrected chi connectivity index (χ1v) is 5.98. The summed E-state index contributed by atoms with van der Waals surface area (Å²) < 4.78 is 7.64. The summed E-state index contributed by atoms with van der Waals surface area (Å²) in [6.07, 6.45) is 10.6. The number of hydrogen-bond donors (Lipinski definition) is 0. The number of nitroso groups, excluding NO2 is 1. The van der Waals surface area contributed by atoms with Crippen LogP contribution >= 0.6 is 0 Å². The smallest absolute Gasteiger partial charge is 0.254 e. The Kier molecular flexibility index (Phi) is 4.58. The predicted octanol–water partition coefficient (Wildman–Crippen LogP) is 2.21. The zero-order valence-corrected chi connectivity index (χ0v) is 10.8. The van der Waals surface area contributed by atoms with Gasteiger partial charge < -0.3 is 9.64 Å². The van der Waals surface area contributed by atoms with E-state index in [1.165, 1.54) is 6.20 Å². The van der Waals surface area contributed by atoms with Gasteiger partial charge in [-0.05, 0) is 17.3 Å². The lowest BCUT2D eigenvalue weighted by Gasteiger charge is -2.21. The van der Waals surface area contributed by atoms with E-state index in [4.69, 9.17) is 4.74 Å². The summed E-state index contributed by atoms with van der Waals surface area (Å²) in [4.78, 5) is 12.1. The minimum absolute atomic E-state index is 0.365. The van der Waals surface area contributed by atoms with E-state index >= 15 is 0 Å². The molecule has 5 nitrogen and oxygen atoms in total. The molecule has 1 aliphatic heterocycles. The van der Waals surface area contributed by atoms with E-state index in [1.807, 2.05) is 65.2 Å². The van der Waals surface area contributed by atoms with Gasteiger partial charge in [0.1, 0.15) is 6.73 Å². The molecular formula is C14H16N3O2+. The number of allylic oxidation sites excluding steroid dienone is 3.